The van der Waals surface area contributed by atoms with Crippen molar-refractivity contribution >= 4 is 56.2 Å². The Morgan fingerprint density at radius 1 is 1.25 bits per heavy atom. The van der Waals surface area contributed by atoms with Crippen LogP contribution in [-0.4, -0.2) is 12.7 Å². The fourth-order valence-corrected chi connectivity index (χ4v) is 2.88. The summed E-state index contributed by atoms with van der Waals surface area (Å²) in [5, 5.41) is 12.0. The van der Waals surface area contributed by atoms with Gasteiger partial charge in [0.1, 0.15) is 11.6 Å². The summed E-state index contributed by atoms with van der Waals surface area (Å²) in [5.41, 5.74) is 1.29. The van der Waals surface area contributed by atoms with Crippen LogP contribution in [-0.2, 0) is 4.79 Å². The maximum Gasteiger partial charge on any atom is 0.266 e. The molecule has 120 valence electrons. The Morgan fingerprint density at radius 3 is 2.58 bits per heavy atom. The van der Waals surface area contributed by atoms with Crippen LogP contribution in [0.5, 0.6) is 11.5 Å². The van der Waals surface area contributed by atoms with Crippen molar-refractivity contribution in [3.63, 3.8) is 0 Å². The third-order valence-electron chi connectivity index (χ3n) is 3.26. The molecule has 1 N–H and O–H groups in total. The molecule has 0 saturated carbocycles. The van der Waals surface area contributed by atoms with Gasteiger partial charge in [0.05, 0.1) is 0 Å². The average Bonchev–Trinajstić information content (AvgIpc) is 3.01. The minimum Gasteiger partial charge on any atom is -0.454 e. The highest BCUT2D eigenvalue weighted by Crippen LogP contribution is 2.37. The first-order chi connectivity index (χ1) is 11.6. The van der Waals surface area contributed by atoms with Gasteiger partial charge in [0.25, 0.3) is 5.91 Å². The number of carbonyl (C=O) groups is 1. The van der Waals surface area contributed by atoms with Crippen molar-refractivity contribution in [2.45, 2.75) is 0 Å². The van der Waals surface area contributed by atoms with Gasteiger partial charge in [-0.3, -0.25) is 4.79 Å². The van der Waals surface area contributed by atoms with Crippen LogP contribution in [0.2, 0.25) is 0 Å². The number of amides is 1. The highest BCUT2D eigenvalue weighted by atomic mass is 127. The Labute approximate surface area is 160 Å². The van der Waals surface area contributed by atoms with Crippen LogP contribution in [0.1, 0.15) is 5.56 Å². The van der Waals surface area contributed by atoms with Crippen molar-refractivity contribution in [2.75, 3.05) is 12.1 Å². The van der Waals surface area contributed by atoms with Crippen LogP contribution in [0.15, 0.2) is 46.4 Å². The van der Waals surface area contributed by atoms with Gasteiger partial charge >= 0.3 is 0 Å². The van der Waals surface area contributed by atoms with Gasteiger partial charge in [-0.15, -0.1) is 0 Å². The van der Waals surface area contributed by atoms with Crippen molar-refractivity contribution in [3.05, 3.63) is 55.6 Å². The smallest absolute Gasteiger partial charge is 0.266 e. The van der Waals surface area contributed by atoms with Gasteiger partial charge in [-0.25, -0.2) is 0 Å². The molecule has 0 spiro atoms. The van der Waals surface area contributed by atoms with Crippen molar-refractivity contribution in [1.29, 1.82) is 5.26 Å². The molecule has 1 aliphatic rings. The summed E-state index contributed by atoms with van der Waals surface area (Å²) in [6.07, 6.45) is 1.51. The van der Waals surface area contributed by atoms with Crippen LogP contribution in [0, 0.1) is 14.9 Å². The first-order valence-corrected chi connectivity index (χ1v) is 8.72. The van der Waals surface area contributed by atoms with E-state index < -0.39 is 5.91 Å². The summed E-state index contributed by atoms with van der Waals surface area (Å²) in [6, 6.07) is 12.7. The molecule has 0 fully saturated rings. The van der Waals surface area contributed by atoms with Crippen LogP contribution >= 0.6 is 38.5 Å². The summed E-state index contributed by atoms with van der Waals surface area (Å²) in [7, 11) is 0. The van der Waals surface area contributed by atoms with Crippen molar-refractivity contribution in [3.8, 4) is 17.6 Å². The number of hydrogen-bond donors (Lipinski definition) is 1. The molecular formula is C17H10BrIN2O3. The molecule has 0 atom stereocenters. The summed E-state index contributed by atoms with van der Waals surface area (Å²) >= 11 is 5.59. The van der Waals surface area contributed by atoms with Gasteiger partial charge in [0.15, 0.2) is 11.5 Å². The van der Waals surface area contributed by atoms with E-state index in [1.165, 1.54) is 6.08 Å². The van der Waals surface area contributed by atoms with Gasteiger partial charge in [-0.1, -0.05) is 15.9 Å². The number of ether oxygens (including phenoxy) is 2. The predicted molar refractivity (Wildman–Crippen MR) is 102 cm³/mol. The summed E-state index contributed by atoms with van der Waals surface area (Å²) in [4.78, 5) is 12.3. The second-order valence-electron chi connectivity index (χ2n) is 4.86. The number of benzene rings is 2. The molecule has 1 heterocycles. The lowest BCUT2D eigenvalue weighted by Gasteiger charge is -2.06. The SMILES string of the molecule is N#C/C(=C\c1cc2c(cc1Br)OCO2)C(=O)Nc1ccc(I)cc1. The third kappa shape index (κ3) is 3.71. The molecule has 1 aliphatic heterocycles. The molecule has 2 aromatic carbocycles. The first kappa shape index (κ1) is 16.8. The first-order valence-electron chi connectivity index (χ1n) is 6.84. The molecule has 5 nitrogen and oxygen atoms in total. The number of fused-ring (bicyclic) bond motifs is 1. The van der Waals surface area contributed by atoms with E-state index in [-0.39, 0.29) is 12.4 Å². The fraction of sp³-hybridized carbons (Fsp3) is 0.0588. The van der Waals surface area contributed by atoms with E-state index in [2.05, 4.69) is 43.8 Å². The normalized spacial score (nSPS) is 12.6. The lowest BCUT2D eigenvalue weighted by Crippen LogP contribution is -2.13. The van der Waals surface area contributed by atoms with E-state index in [1.807, 2.05) is 18.2 Å². The molecule has 1 amide bonds. The largest absolute Gasteiger partial charge is 0.454 e. The highest BCUT2D eigenvalue weighted by Gasteiger charge is 2.17. The second-order valence-corrected chi connectivity index (χ2v) is 6.96. The lowest BCUT2D eigenvalue weighted by atomic mass is 10.1. The van der Waals surface area contributed by atoms with Crippen LogP contribution in [0.3, 0.4) is 0 Å². The van der Waals surface area contributed by atoms with Crippen LogP contribution < -0.4 is 14.8 Å². The minimum atomic E-state index is -0.469. The average molecular weight is 497 g/mol. The van der Waals surface area contributed by atoms with Gasteiger partial charge in [-0.05, 0) is 70.6 Å². The molecule has 3 rings (SSSR count). The molecule has 0 radical (unpaired) electrons. The Kier molecular flexibility index (Phi) is 5.06. The highest BCUT2D eigenvalue weighted by molar-refractivity contribution is 14.1. The molecule has 0 aromatic heterocycles. The fourth-order valence-electron chi connectivity index (χ4n) is 2.08. The maximum absolute atomic E-state index is 12.3. The van der Waals surface area contributed by atoms with E-state index >= 15 is 0 Å². The molecule has 2 aromatic rings. The number of nitrogens with zero attached hydrogens (tertiary/aromatic N) is 1. The quantitative estimate of drug-likeness (QED) is 0.390. The van der Waals surface area contributed by atoms with E-state index in [1.54, 1.807) is 24.3 Å². The lowest BCUT2D eigenvalue weighted by molar-refractivity contribution is -0.112. The maximum atomic E-state index is 12.3. The van der Waals surface area contributed by atoms with Crippen LogP contribution in [0.25, 0.3) is 6.08 Å². The Balaban J connectivity index is 1.85. The van der Waals surface area contributed by atoms with Gasteiger partial charge < -0.3 is 14.8 Å². The number of hydrogen-bond acceptors (Lipinski definition) is 4. The molecule has 0 aliphatic carbocycles. The number of nitriles is 1. The number of anilines is 1. The molecule has 7 heteroatoms. The third-order valence-corrected chi connectivity index (χ3v) is 4.66. The number of nitrogens with one attached hydrogen (secondary N) is 1. The van der Waals surface area contributed by atoms with Gasteiger partial charge in [-0.2, -0.15) is 5.26 Å². The van der Waals surface area contributed by atoms with E-state index in [9.17, 15) is 10.1 Å². The summed E-state index contributed by atoms with van der Waals surface area (Å²) < 4.78 is 12.4. The van der Waals surface area contributed by atoms with E-state index in [4.69, 9.17) is 9.47 Å². The Bertz CT molecular complexity index is 873. The summed E-state index contributed by atoms with van der Waals surface area (Å²) in [5.74, 6) is 0.740. The zero-order chi connectivity index (χ0) is 17.1. The molecular weight excluding hydrogens is 487 g/mol. The Hall–Kier alpha value is -2.05. The zero-order valence-electron chi connectivity index (χ0n) is 12.2. The standard InChI is InChI=1S/C17H10BrIN2O3/c18-14-7-16-15(23-9-24-16)6-10(14)5-11(8-20)17(22)21-13-3-1-12(19)2-4-13/h1-7H,9H2,(H,21,22)/b11-5+. The monoisotopic (exact) mass is 496 g/mol. The molecule has 24 heavy (non-hydrogen) atoms. The van der Waals surface area contributed by atoms with Crippen LogP contribution in [0.4, 0.5) is 5.69 Å². The topological polar surface area (TPSA) is 71.3 Å². The summed E-state index contributed by atoms with van der Waals surface area (Å²) in [6.45, 7) is 0.160. The molecule has 0 unspecified atom stereocenters. The van der Waals surface area contributed by atoms with Gasteiger partial charge in [0, 0.05) is 13.7 Å². The molecule has 0 saturated heterocycles. The predicted octanol–water partition coefficient (Wildman–Crippen LogP) is 4.33. The van der Waals surface area contributed by atoms with Crippen molar-refractivity contribution in [2.24, 2.45) is 0 Å². The Morgan fingerprint density at radius 2 is 1.92 bits per heavy atom. The van der Waals surface area contributed by atoms with E-state index in [0.29, 0.717) is 27.2 Å². The second kappa shape index (κ2) is 7.23. The zero-order valence-corrected chi connectivity index (χ0v) is 15.9. The molecule has 0 bridgehead atoms. The number of carbonyl (C=O) groups excluding carboxylic acids is 1. The number of rotatable bonds is 3. The number of halogens is 2. The van der Waals surface area contributed by atoms with Gasteiger partial charge in [0.2, 0.25) is 6.79 Å². The van der Waals surface area contributed by atoms with Crippen molar-refractivity contribution in [1.82, 2.24) is 0 Å². The minimum absolute atomic E-state index is 0.00637. The van der Waals surface area contributed by atoms with E-state index in [0.717, 1.165) is 3.57 Å². The van der Waals surface area contributed by atoms with Crippen molar-refractivity contribution < 1.29 is 14.3 Å².